The fraction of sp³-hybridized carbons (Fsp3) is 0.431. The first-order valence-electron chi connectivity index (χ1n) is 23.3. The third-order valence-electron chi connectivity index (χ3n) is 11.6. The zero-order valence-corrected chi connectivity index (χ0v) is 42.5. The first-order valence-corrected chi connectivity index (χ1v) is 25.0. The molecule has 17 nitrogen and oxygen atoms in total. The van der Waals surface area contributed by atoms with Crippen molar-refractivity contribution in [3.05, 3.63) is 99.0 Å². The Labute approximate surface area is 429 Å². The van der Waals surface area contributed by atoms with Crippen LogP contribution in [0.15, 0.2) is 71.1 Å². The second-order valence-electron chi connectivity index (χ2n) is 18.1. The molecule has 73 heavy (non-hydrogen) atoms. The lowest BCUT2D eigenvalue weighted by molar-refractivity contribution is -0.144. The zero-order chi connectivity index (χ0) is 52.9. The van der Waals surface area contributed by atoms with E-state index in [0.29, 0.717) is 31.1 Å². The molecule has 3 aromatic carbocycles. The number of thioether (sulfide) groups is 1. The van der Waals surface area contributed by atoms with Crippen LogP contribution in [0.1, 0.15) is 68.0 Å². The van der Waals surface area contributed by atoms with Gasteiger partial charge in [-0.3, -0.25) is 28.9 Å². The van der Waals surface area contributed by atoms with Crippen LogP contribution in [-0.4, -0.2) is 127 Å². The molecule has 5 amide bonds. The van der Waals surface area contributed by atoms with Crippen LogP contribution in [0.5, 0.6) is 17.2 Å². The van der Waals surface area contributed by atoms with Crippen LogP contribution in [0.2, 0.25) is 0 Å². The molecule has 22 heteroatoms. The number of methoxy groups -OCH3 is 1. The number of benzene rings is 3. The summed E-state index contributed by atoms with van der Waals surface area (Å²) in [5, 5.41) is 24.8. The Hall–Kier alpha value is -6.35. The third-order valence-corrected chi connectivity index (χ3v) is 13.5. The summed E-state index contributed by atoms with van der Waals surface area (Å²) in [4.78, 5) is 74.1. The van der Waals surface area contributed by atoms with Crippen molar-refractivity contribution in [3.8, 4) is 33.8 Å². The van der Waals surface area contributed by atoms with E-state index in [-0.39, 0.29) is 81.1 Å². The lowest BCUT2D eigenvalue weighted by Crippen LogP contribution is -2.58. The number of aliphatic hydroxyl groups excluding tert-OH is 1. The highest BCUT2D eigenvalue weighted by Gasteiger charge is 2.44. The van der Waals surface area contributed by atoms with E-state index in [1.165, 1.54) is 42.4 Å². The molecule has 6 rings (SSSR count). The molecule has 2 aliphatic heterocycles. The SMILES string of the molecule is COc1cc(/C=C2\SC(=O)N(CCCCOCCOCCOCC(=O)N[C@H](C(=O)N3C[C@H](O)C[C@H]3C(=O)NCc3ccc(-c4scnc4C)cc3)C(C)(C)C)C2=O)ccc1Oc1ccc(C#N)cc1C(F)(F)F. The van der Waals surface area contributed by atoms with E-state index < -0.39 is 70.0 Å². The van der Waals surface area contributed by atoms with Crippen molar-refractivity contribution in [2.24, 2.45) is 5.41 Å². The Morgan fingerprint density at radius 3 is 2.30 bits per heavy atom. The van der Waals surface area contributed by atoms with Crippen LogP contribution in [0.25, 0.3) is 16.5 Å². The number of thiazole rings is 1. The number of amides is 5. The number of nitrogens with one attached hydrogen (secondary N) is 2. The van der Waals surface area contributed by atoms with Crippen molar-refractivity contribution >= 4 is 58.0 Å². The van der Waals surface area contributed by atoms with Gasteiger partial charge in [0, 0.05) is 32.7 Å². The number of hydrogen-bond acceptors (Lipinski definition) is 15. The molecule has 4 aromatic rings. The Morgan fingerprint density at radius 1 is 0.945 bits per heavy atom. The number of aliphatic hydroxyl groups is 1. The van der Waals surface area contributed by atoms with E-state index in [1.54, 1.807) is 43.7 Å². The molecule has 0 saturated carbocycles. The molecule has 0 unspecified atom stereocenters. The summed E-state index contributed by atoms with van der Waals surface area (Å²) >= 11 is 2.31. The fourth-order valence-electron chi connectivity index (χ4n) is 7.79. The van der Waals surface area contributed by atoms with Gasteiger partial charge in [0.05, 0.1) is 77.8 Å². The van der Waals surface area contributed by atoms with E-state index in [4.69, 9.17) is 28.9 Å². The van der Waals surface area contributed by atoms with Crippen molar-refractivity contribution < 1.29 is 65.9 Å². The second kappa shape index (κ2) is 25.5. The largest absolute Gasteiger partial charge is 0.493 e. The standard InChI is InChI=1S/C51H57F3N6O11S2/c1-31-44(72-30-57-31)35-12-8-32(9-13-35)27-56-46(63)38-25-36(61)28-60(38)48(65)45(50(2,3)4)58-43(62)29-70-21-20-69-19-18-68-17-7-6-16-59-47(64)42(73-49(59)66)24-33-10-15-40(41(23-33)67-5)71-39-14-11-34(26-55)22-37(39)51(52,53)54/h8-15,22-24,30,36,38,45,61H,6-7,16-21,25,27-29H2,1-5H3,(H,56,63)(H,58,62)/b42-24-/t36-,38+,45-/m1/s1. The molecule has 2 saturated heterocycles. The number of β-amino-alcohol motifs (C(OH)–C–C–N with tert-alkyl or cyclic N) is 1. The summed E-state index contributed by atoms with van der Waals surface area (Å²) < 4.78 is 68.6. The van der Waals surface area contributed by atoms with Gasteiger partial charge >= 0.3 is 6.18 Å². The van der Waals surface area contributed by atoms with Gasteiger partial charge in [0.15, 0.2) is 11.5 Å². The molecule has 1 aromatic heterocycles. The maximum absolute atomic E-state index is 13.9. The maximum atomic E-state index is 13.9. The summed E-state index contributed by atoms with van der Waals surface area (Å²) in [5.74, 6) is -2.41. The molecule has 2 aliphatic rings. The summed E-state index contributed by atoms with van der Waals surface area (Å²) in [6.45, 7) is 8.40. The van der Waals surface area contributed by atoms with Crippen molar-refractivity contribution in [3.63, 3.8) is 0 Å². The number of rotatable bonds is 23. The molecule has 3 heterocycles. The first kappa shape index (κ1) is 56.0. The monoisotopic (exact) mass is 1050 g/mol. The number of aromatic nitrogens is 1. The summed E-state index contributed by atoms with van der Waals surface area (Å²) in [6.07, 6.45) is -3.14. The molecule has 3 N–H and O–H groups in total. The number of unbranched alkanes of at least 4 members (excludes halogenated alkanes) is 1. The predicted molar refractivity (Wildman–Crippen MR) is 265 cm³/mol. The van der Waals surface area contributed by atoms with Gasteiger partial charge in [-0.2, -0.15) is 18.4 Å². The minimum atomic E-state index is -4.79. The summed E-state index contributed by atoms with van der Waals surface area (Å²) in [7, 11) is 1.30. The van der Waals surface area contributed by atoms with Crippen LogP contribution in [0.3, 0.4) is 0 Å². The highest BCUT2D eigenvalue weighted by molar-refractivity contribution is 8.18. The summed E-state index contributed by atoms with van der Waals surface area (Å²) in [5.41, 5.74) is 3.01. The van der Waals surface area contributed by atoms with Crippen molar-refractivity contribution in [2.75, 3.05) is 59.8 Å². The fourth-order valence-corrected chi connectivity index (χ4v) is 9.47. The van der Waals surface area contributed by atoms with E-state index in [1.807, 2.05) is 31.2 Å². The Morgan fingerprint density at radius 2 is 1.64 bits per heavy atom. The Bertz CT molecular complexity index is 2690. The minimum Gasteiger partial charge on any atom is -0.493 e. The number of hydrogen-bond donors (Lipinski definition) is 3. The number of nitriles is 1. The predicted octanol–water partition coefficient (Wildman–Crippen LogP) is 7.49. The van der Waals surface area contributed by atoms with Crippen LogP contribution in [-0.2, 0) is 46.1 Å². The Kier molecular flexibility index (Phi) is 19.6. The number of carbonyl (C=O) groups is 5. The number of halogens is 3. The number of nitrogens with zero attached hydrogens (tertiary/aromatic N) is 4. The number of likely N-dealkylation sites (tertiary alicyclic amines) is 1. The van der Waals surface area contributed by atoms with Gasteiger partial charge in [0.2, 0.25) is 17.7 Å². The number of carbonyl (C=O) groups excluding carboxylic acids is 5. The summed E-state index contributed by atoms with van der Waals surface area (Å²) in [6, 6.07) is 14.8. The van der Waals surface area contributed by atoms with Gasteiger partial charge in [-0.1, -0.05) is 51.1 Å². The molecule has 0 spiro atoms. The van der Waals surface area contributed by atoms with Gasteiger partial charge in [-0.05, 0) is 90.0 Å². The van der Waals surface area contributed by atoms with E-state index in [9.17, 15) is 42.3 Å². The molecule has 0 aliphatic carbocycles. The zero-order valence-electron chi connectivity index (χ0n) is 40.9. The van der Waals surface area contributed by atoms with E-state index >= 15 is 0 Å². The number of imide groups is 1. The molecule has 2 fully saturated rings. The molecule has 3 atom stereocenters. The van der Waals surface area contributed by atoms with Gasteiger partial charge in [-0.15, -0.1) is 11.3 Å². The average Bonchev–Trinajstić information content (AvgIpc) is 4.05. The molecule has 0 bridgehead atoms. The lowest BCUT2D eigenvalue weighted by Gasteiger charge is -2.35. The molecular formula is C51H57F3N6O11S2. The lowest BCUT2D eigenvalue weighted by atomic mass is 9.85. The van der Waals surface area contributed by atoms with Gasteiger partial charge in [0.1, 0.15) is 24.4 Å². The molecule has 390 valence electrons. The van der Waals surface area contributed by atoms with Gasteiger partial charge < -0.3 is 44.3 Å². The van der Waals surface area contributed by atoms with E-state index in [2.05, 4.69) is 15.6 Å². The molecule has 0 radical (unpaired) electrons. The van der Waals surface area contributed by atoms with Crippen molar-refractivity contribution in [1.29, 1.82) is 5.26 Å². The van der Waals surface area contributed by atoms with Crippen LogP contribution >= 0.6 is 23.1 Å². The number of ether oxygens (including phenoxy) is 5. The quantitative estimate of drug-likeness (QED) is 0.0485. The highest BCUT2D eigenvalue weighted by Crippen LogP contribution is 2.42. The number of aryl methyl sites for hydroxylation is 1. The second-order valence-corrected chi connectivity index (χ2v) is 19.9. The number of alkyl halides is 3. The van der Waals surface area contributed by atoms with Gasteiger partial charge in [0.25, 0.3) is 11.1 Å². The smallest absolute Gasteiger partial charge is 0.420 e. The average molecular weight is 1050 g/mol. The van der Waals surface area contributed by atoms with Crippen molar-refractivity contribution in [1.82, 2.24) is 25.4 Å². The van der Waals surface area contributed by atoms with Crippen LogP contribution < -0.4 is 20.1 Å². The Balaban J connectivity index is 0.849. The third kappa shape index (κ3) is 15.3. The van der Waals surface area contributed by atoms with Crippen LogP contribution in [0.4, 0.5) is 18.0 Å². The van der Waals surface area contributed by atoms with E-state index in [0.717, 1.165) is 44.4 Å². The van der Waals surface area contributed by atoms with Gasteiger partial charge in [-0.25, -0.2) is 4.98 Å². The normalized spacial score (nSPS) is 17.0. The topological polar surface area (TPSA) is 219 Å². The van der Waals surface area contributed by atoms with Crippen LogP contribution in [0, 0.1) is 23.7 Å². The van der Waals surface area contributed by atoms with Crippen molar-refractivity contribution in [2.45, 2.75) is 77.9 Å². The minimum absolute atomic E-state index is 0.0386. The maximum Gasteiger partial charge on any atom is 0.420 e. The first-order chi connectivity index (χ1) is 34.8. The highest BCUT2D eigenvalue weighted by atomic mass is 32.2. The molecular weight excluding hydrogens is 994 g/mol.